The molecule has 10 heavy (non-hydrogen) atoms. The number of rotatable bonds is 4. The lowest BCUT2D eigenvalue weighted by Gasteiger charge is -2.26. The summed E-state index contributed by atoms with van der Waals surface area (Å²) in [5.74, 6) is 1.04. The standard InChI is InChI=1S/C9H18O/c1-8(10-2)6-7-9-4-3-5-9/h8-9H,3-7H2,1-2H3. The minimum absolute atomic E-state index is 0.473. The van der Waals surface area contributed by atoms with Gasteiger partial charge in [-0.15, -0.1) is 0 Å². The first-order valence-electron chi connectivity index (χ1n) is 4.35. The normalized spacial score (nSPS) is 22.2. The number of hydrogen-bond donors (Lipinski definition) is 0. The largest absolute Gasteiger partial charge is 0.382 e. The van der Waals surface area contributed by atoms with E-state index in [1.54, 1.807) is 7.11 Å². The summed E-state index contributed by atoms with van der Waals surface area (Å²) in [6.45, 7) is 2.15. The molecule has 1 aliphatic carbocycles. The Morgan fingerprint density at radius 1 is 1.50 bits per heavy atom. The molecule has 0 N–H and O–H groups in total. The Morgan fingerprint density at radius 2 is 2.20 bits per heavy atom. The number of hydrogen-bond acceptors (Lipinski definition) is 1. The summed E-state index contributed by atoms with van der Waals surface area (Å²) in [7, 11) is 1.80. The van der Waals surface area contributed by atoms with Crippen LogP contribution in [0.2, 0.25) is 0 Å². The van der Waals surface area contributed by atoms with Gasteiger partial charge in [0, 0.05) is 7.11 Å². The molecule has 0 radical (unpaired) electrons. The van der Waals surface area contributed by atoms with Crippen molar-refractivity contribution >= 4 is 0 Å². The van der Waals surface area contributed by atoms with Crippen LogP contribution >= 0.6 is 0 Å². The van der Waals surface area contributed by atoms with Crippen LogP contribution in [-0.2, 0) is 4.74 Å². The van der Waals surface area contributed by atoms with E-state index < -0.39 is 0 Å². The van der Waals surface area contributed by atoms with Crippen LogP contribution in [0.1, 0.15) is 39.0 Å². The molecule has 1 rings (SSSR count). The topological polar surface area (TPSA) is 9.23 Å². The van der Waals surface area contributed by atoms with Crippen molar-refractivity contribution in [3.05, 3.63) is 0 Å². The van der Waals surface area contributed by atoms with E-state index in [-0.39, 0.29) is 0 Å². The van der Waals surface area contributed by atoms with Gasteiger partial charge in [-0.05, 0) is 25.7 Å². The first-order chi connectivity index (χ1) is 4.83. The molecular weight excluding hydrogens is 124 g/mol. The Balaban J connectivity index is 1.93. The van der Waals surface area contributed by atoms with Crippen LogP contribution < -0.4 is 0 Å². The van der Waals surface area contributed by atoms with Crippen molar-refractivity contribution in [2.45, 2.75) is 45.1 Å². The second-order valence-corrected chi connectivity index (χ2v) is 3.42. The third-order valence-corrected chi connectivity index (χ3v) is 2.61. The molecule has 1 aliphatic rings. The van der Waals surface area contributed by atoms with E-state index in [4.69, 9.17) is 4.74 Å². The molecule has 1 saturated carbocycles. The second-order valence-electron chi connectivity index (χ2n) is 3.42. The highest BCUT2D eigenvalue weighted by atomic mass is 16.5. The Kier molecular flexibility index (Phi) is 3.20. The van der Waals surface area contributed by atoms with Crippen molar-refractivity contribution in [1.82, 2.24) is 0 Å². The Labute approximate surface area is 63.8 Å². The maximum absolute atomic E-state index is 5.17. The van der Waals surface area contributed by atoms with Crippen molar-refractivity contribution < 1.29 is 4.74 Å². The molecule has 0 amide bonds. The molecule has 1 unspecified atom stereocenters. The molecule has 0 aliphatic heterocycles. The molecule has 1 fully saturated rings. The third kappa shape index (κ3) is 2.30. The van der Waals surface area contributed by atoms with Gasteiger partial charge in [-0.1, -0.05) is 19.3 Å². The maximum Gasteiger partial charge on any atom is 0.0543 e. The predicted octanol–water partition coefficient (Wildman–Crippen LogP) is 2.60. The van der Waals surface area contributed by atoms with Crippen molar-refractivity contribution in [3.8, 4) is 0 Å². The van der Waals surface area contributed by atoms with Crippen LogP contribution in [0.3, 0.4) is 0 Å². The van der Waals surface area contributed by atoms with E-state index in [1.165, 1.54) is 32.1 Å². The van der Waals surface area contributed by atoms with Gasteiger partial charge < -0.3 is 4.74 Å². The Hall–Kier alpha value is -0.0400. The number of ether oxygens (including phenoxy) is 1. The summed E-state index contributed by atoms with van der Waals surface area (Å²) in [5, 5.41) is 0. The third-order valence-electron chi connectivity index (χ3n) is 2.61. The van der Waals surface area contributed by atoms with Crippen molar-refractivity contribution in [3.63, 3.8) is 0 Å². The molecule has 0 heterocycles. The fraction of sp³-hybridized carbons (Fsp3) is 1.00. The van der Waals surface area contributed by atoms with Gasteiger partial charge in [0.05, 0.1) is 6.10 Å². The lowest BCUT2D eigenvalue weighted by atomic mass is 9.82. The number of methoxy groups -OCH3 is 1. The first-order valence-corrected chi connectivity index (χ1v) is 4.35. The van der Waals surface area contributed by atoms with Crippen LogP contribution in [0.4, 0.5) is 0 Å². The van der Waals surface area contributed by atoms with Gasteiger partial charge in [0.25, 0.3) is 0 Å². The van der Waals surface area contributed by atoms with Gasteiger partial charge in [0.2, 0.25) is 0 Å². The van der Waals surface area contributed by atoms with Gasteiger partial charge >= 0.3 is 0 Å². The van der Waals surface area contributed by atoms with Crippen LogP contribution in [0, 0.1) is 5.92 Å². The predicted molar refractivity (Wildman–Crippen MR) is 43.0 cm³/mol. The first kappa shape index (κ1) is 8.06. The Morgan fingerprint density at radius 3 is 2.60 bits per heavy atom. The van der Waals surface area contributed by atoms with Gasteiger partial charge in [-0.2, -0.15) is 0 Å². The summed E-state index contributed by atoms with van der Waals surface area (Å²) in [6.07, 6.45) is 7.51. The Bertz CT molecular complexity index is 82.0. The van der Waals surface area contributed by atoms with Crippen molar-refractivity contribution in [2.24, 2.45) is 5.92 Å². The van der Waals surface area contributed by atoms with E-state index in [9.17, 15) is 0 Å². The summed E-state index contributed by atoms with van der Waals surface area (Å²) >= 11 is 0. The summed E-state index contributed by atoms with van der Waals surface area (Å²) in [4.78, 5) is 0. The fourth-order valence-electron chi connectivity index (χ4n) is 1.37. The molecule has 0 bridgehead atoms. The van der Waals surface area contributed by atoms with Crippen LogP contribution in [0.5, 0.6) is 0 Å². The average molecular weight is 142 g/mol. The maximum atomic E-state index is 5.17. The molecule has 0 aromatic rings. The molecule has 1 nitrogen and oxygen atoms in total. The highest BCUT2D eigenvalue weighted by Gasteiger charge is 2.17. The molecule has 0 spiro atoms. The fourth-order valence-corrected chi connectivity index (χ4v) is 1.37. The van der Waals surface area contributed by atoms with Crippen molar-refractivity contribution in [1.29, 1.82) is 0 Å². The summed E-state index contributed by atoms with van der Waals surface area (Å²) in [5.41, 5.74) is 0. The SMILES string of the molecule is COC(C)CCC1CCC1. The zero-order chi connectivity index (χ0) is 7.40. The van der Waals surface area contributed by atoms with Gasteiger partial charge in [-0.25, -0.2) is 0 Å². The van der Waals surface area contributed by atoms with Gasteiger partial charge in [-0.3, -0.25) is 0 Å². The molecule has 1 atom stereocenters. The minimum Gasteiger partial charge on any atom is -0.382 e. The summed E-state index contributed by atoms with van der Waals surface area (Å²) in [6, 6.07) is 0. The molecular formula is C9H18O. The van der Waals surface area contributed by atoms with E-state index in [0.717, 1.165) is 5.92 Å². The highest BCUT2D eigenvalue weighted by Crippen LogP contribution is 2.30. The molecule has 60 valence electrons. The van der Waals surface area contributed by atoms with Gasteiger partial charge in [0.1, 0.15) is 0 Å². The van der Waals surface area contributed by atoms with Crippen LogP contribution in [-0.4, -0.2) is 13.2 Å². The average Bonchev–Trinajstić information content (AvgIpc) is 1.84. The zero-order valence-electron chi connectivity index (χ0n) is 7.10. The minimum atomic E-state index is 0.473. The monoisotopic (exact) mass is 142 g/mol. The van der Waals surface area contributed by atoms with Crippen LogP contribution in [0.25, 0.3) is 0 Å². The van der Waals surface area contributed by atoms with Crippen LogP contribution in [0.15, 0.2) is 0 Å². The molecule has 0 saturated heterocycles. The lowest BCUT2D eigenvalue weighted by molar-refractivity contribution is 0.0985. The van der Waals surface area contributed by atoms with Gasteiger partial charge in [0.15, 0.2) is 0 Å². The quantitative estimate of drug-likeness (QED) is 0.586. The summed E-state index contributed by atoms with van der Waals surface area (Å²) < 4.78 is 5.17. The molecule has 0 aromatic heterocycles. The highest BCUT2D eigenvalue weighted by molar-refractivity contribution is 4.70. The smallest absolute Gasteiger partial charge is 0.0543 e. The molecule has 1 heteroatoms. The van der Waals surface area contributed by atoms with E-state index in [2.05, 4.69) is 6.92 Å². The van der Waals surface area contributed by atoms with E-state index in [1.807, 2.05) is 0 Å². The lowest BCUT2D eigenvalue weighted by Crippen LogP contribution is -2.14. The van der Waals surface area contributed by atoms with Crippen molar-refractivity contribution in [2.75, 3.05) is 7.11 Å². The zero-order valence-corrected chi connectivity index (χ0v) is 7.10. The van der Waals surface area contributed by atoms with E-state index >= 15 is 0 Å². The van der Waals surface area contributed by atoms with E-state index in [0.29, 0.717) is 6.10 Å². The molecule has 0 aromatic carbocycles. The second kappa shape index (κ2) is 3.97.